The number of non-ortho nitro benzene ring substituents is 1. The van der Waals surface area contributed by atoms with Crippen LogP contribution in [0.5, 0.6) is 0 Å². The molecule has 0 saturated carbocycles. The predicted octanol–water partition coefficient (Wildman–Crippen LogP) is 5.05. The summed E-state index contributed by atoms with van der Waals surface area (Å²) < 4.78 is 5.11. The summed E-state index contributed by atoms with van der Waals surface area (Å²) in [6.07, 6.45) is 2.71. The number of amides is 2. The second kappa shape index (κ2) is 11.0. The summed E-state index contributed by atoms with van der Waals surface area (Å²) in [4.78, 5) is 48.4. The van der Waals surface area contributed by atoms with E-state index in [1.165, 1.54) is 36.4 Å². The van der Waals surface area contributed by atoms with Crippen LogP contribution < -0.4 is 10.6 Å². The largest absolute Gasteiger partial charge is 0.462 e. The Morgan fingerprint density at radius 2 is 1.74 bits per heavy atom. The van der Waals surface area contributed by atoms with Crippen LogP contribution in [0.1, 0.15) is 38.1 Å². The van der Waals surface area contributed by atoms with Gasteiger partial charge in [0.05, 0.1) is 22.0 Å². The van der Waals surface area contributed by atoms with Crippen molar-refractivity contribution < 1.29 is 24.0 Å². The molecule has 2 amide bonds. The van der Waals surface area contributed by atoms with Crippen molar-refractivity contribution in [2.45, 2.75) is 13.8 Å². The highest BCUT2D eigenvalue weighted by Gasteiger charge is 2.26. The minimum absolute atomic E-state index is 0.0592. The van der Waals surface area contributed by atoms with Gasteiger partial charge in [0.15, 0.2) is 0 Å². The Balaban J connectivity index is 1.83. The SMILES string of the molecule is CCOC(=O)c1c(NC(=O)/C=C/c2ccc([N+](=O)[O-])cc2)sc(C(=O)Nc2ccccc2)c1C. The first-order valence-electron chi connectivity index (χ1n) is 10.2. The monoisotopic (exact) mass is 479 g/mol. The number of carbonyl (C=O) groups excluding carboxylic acids is 3. The number of ether oxygens (including phenoxy) is 1. The molecular weight excluding hydrogens is 458 g/mol. The molecule has 174 valence electrons. The highest BCUT2D eigenvalue weighted by molar-refractivity contribution is 7.19. The van der Waals surface area contributed by atoms with Crippen LogP contribution in [0, 0.1) is 17.0 Å². The number of nitro benzene ring substituents is 1. The second-order valence-electron chi connectivity index (χ2n) is 6.97. The van der Waals surface area contributed by atoms with E-state index in [-0.39, 0.29) is 27.7 Å². The standard InChI is InChI=1S/C24H21N3O6S/c1-3-33-24(30)20-15(2)21(22(29)25-17-7-5-4-6-8-17)34-23(20)26-19(28)14-11-16-9-12-18(13-10-16)27(31)32/h4-14H,3H2,1-2H3,(H,25,29)(H,26,28)/b14-11+. The summed E-state index contributed by atoms with van der Waals surface area (Å²) in [6.45, 7) is 3.41. The molecule has 3 aromatic rings. The van der Waals surface area contributed by atoms with Gasteiger partial charge in [-0.2, -0.15) is 0 Å². The molecule has 1 heterocycles. The summed E-state index contributed by atoms with van der Waals surface area (Å²) in [6, 6.07) is 14.5. The number of carbonyl (C=O) groups is 3. The molecule has 0 radical (unpaired) electrons. The van der Waals surface area contributed by atoms with Crippen molar-refractivity contribution in [1.29, 1.82) is 0 Å². The van der Waals surface area contributed by atoms with Gasteiger partial charge < -0.3 is 15.4 Å². The number of rotatable bonds is 8. The van der Waals surface area contributed by atoms with Crippen molar-refractivity contribution in [2.24, 2.45) is 0 Å². The molecule has 0 bridgehead atoms. The third kappa shape index (κ3) is 5.93. The molecule has 10 heteroatoms. The quantitative estimate of drug-likeness (QED) is 0.201. The molecule has 0 spiro atoms. The number of anilines is 2. The molecule has 0 fully saturated rings. The van der Waals surface area contributed by atoms with Crippen molar-refractivity contribution in [3.05, 3.63) is 92.4 Å². The number of nitro groups is 1. The van der Waals surface area contributed by atoms with Gasteiger partial charge in [0.2, 0.25) is 5.91 Å². The van der Waals surface area contributed by atoms with E-state index in [1.807, 2.05) is 6.07 Å². The Kier molecular flexibility index (Phi) is 7.88. The molecule has 0 atom stereocenters. The lowest BCUT2D eigenvalue weighted by atomic mass is 10.1. The van der Waals surface area contributed by atoms with Crippen molar-refractivity contribution in [1.82, 2.24) is 0 Å². The number of nitrogens with zero attached hydrogens (tertiary/aromatic N) is 1. The zero-order chi connectivity index (χ0) is 24.7. The van der Waals surface area contributed by atoms with Gasteiger partial charge in [-0.25, -0.2) is 4.79 Å². The lowest BCUT2D eigenvalue weighted by molar-refractivity contribution is -0.384. The molecule has 2 N–H and O–H groups in total. The number of para-hydroxylation sites is 1. The van der Waals surface area contributed by atoms with Crippen LogP contribution in [0.15, 0.2) is 60.7 Å². The average molecular weight is 480 g/mol. The van der Waals surface area contributed by atoms with Gasteiger partial charge in [0.25, 0.3) is 11.6 Å². The molecule has 0 unspecified atom stereocenters. The van der Waals surface area contributed by atoms with Crippen molar-refractivity contribution >= 4 is 51.6 Å². The number of nitrogens with one attached hydrogen (secondary N) is 2. The topological polar surface area (TPSA) is 128 Å². The molecule has 0 aliphatic carbocycles. The van der Waals surface area contributed by atoms with Gasteiger partial charge in [-0.05, 0) is 55.3 Å². The molecule has 0 aliphatic heterocycles. The van der Waals surface area contributed by atoms with Crippen LogP contribution in [0.25, 0.3) is 6.08 Å². The van der Waals surface area contributed by atoms with E-state index in [0.717, 1.165) is 11.3 Å². The Bertz CT molecular complexity index is 1250. The fourth-order valence-electron chi connectivity index (χ4n) is 3.01. The van der Waals surface area contributed by atoms with Crippen LogP contribution in [-0.4, -0.2) is 29.3 Å². The molecule has 0 aliphatic rings. The molecule has 34 heavy (non-hydrogen) atoms. The maximum atomic E-state index is 12.8. The van der Waals surface area contributed by atoms with Gasteiger partial charge in [0.1, 0.15) is 5.00 Å². The van der Waals surface area contributed by atoms with E-state index in [0.29, 0.717) is 16.8 Å². The van der Waals surface area contributed by atoms with Gasteiger partial charge >= 0.3 is 5.97 Å². The molecule has 2 aromatic carbocycles. The Labute approximate surface area is 199 Å². The van der Waals surface area contributed by atoms with E-state index < -0.39 is 22.7 Å². The predicted molar refractivity (Wildman–Crippen MR) is 130 cm³/mol. The summed E-state index contributed by atoms with van der Waals surface area (Å²) in [5, 5.41) is 16.3. The fourth-order valence-corrected chi connectivity index (χ4v) is 4.10. The number of benzene rings is 2. The first kappa shape index (κ1) is 24.3. The first-order chi connectivity index (χ1) is 16.3. The molecular formula is C24H21N3O6S. The maximum Gasteiger partial charge on any atom is 0.341 e. The highest BCUT2D eigenvalue weighted by atomic mass is 32.1. The Morgan fingerprint density at radius 3 is 2.35 bits per heavy atom. The summed E-state index contributed by atoms with van der Waals surface area (Å²) in [5.74, 6) is -1.61. The summed E-state index contributed by atoms with van der Waals surface area (Å²) in [7, 11) is 0. The average Bonchev–Trinajstić information content (AvgIpc) is 3.14. The molecule has 3 rings (SSSR count). The highest BCUT2D eigenvalue weighted by Crippen LogP contribution is 2.34. The lowest BCUT2D eigenvalue weighted by Crippen LogP contribution is -2.13. The van der Waals surface area contributed by atoms with Gasteiger partial charge in [0, 0.05) is 23.9 Å². The van der Waals surface area contributed by atoms with E-state index in [2.05, 4.69) is 10.6 Å². The van der Waals surface area contributed by atoms with Crippen molar-refractivity contribution in [3.8, 4) is 0 Å². The van der Waals surface area contributed by atoms with E-state index >= 15 is 0 Å². The van der Waals surface area contributed by atoms with Crippen molar-refractivity contribution in [3.63, 3.8) is 0 Å². The third-order valence-electron chi connectivity index (χ3n) is 4.63. The molecule has 1 aromatic heterocycles. The van der Waals surface area contributed by atoms with Gasteiger partial charge in [-0.3, -0.25) is 19.7 Å². The van der Waals surface area contributed by atoms with Crippen molar-refractivity contribution in [2.75, 3.05) is 17.2 Å². The van der Waals surface area contributed by atoms with Crippen LogP contribution in [-0.2, 0) is 9.53 Å². The number of esters is 1. The Hall–Kier alpha value is -4.31. The van der Waals surface area contributed by atoms with Crippen LogP contribution in [0.3, 0.4) is 0 Å². The van der Waals surface area contributed by atoms with Gasteiger partial charge in [-0.15, -0.1) is 11.3 Å². The Morgan fingerprint density at radius 1 is 1.06 bits per heavy atom. The molecule has 9 nitrogen and oxygen atoms in total. The van der Waals surface area contributed by atoms with Crippen LogP contribution in [0.2, 0.25) is 0 Å². The number of hydrogen-bond acceptors (Lipinski definition) is 7. The van der Waals surface area contributed by atoms with E-state index in [4.69, 9.17) is 4.74 Å². The number of hydrogen-bond donors (Lipinski definition) is 2. The van der Waals surface area contributed by atoms with Crippen LogP contribution in [0.4, 0.5) is 16.4 Å². The lowest BCUT2D eigenvalue weighted by Gasteiger charge is -2.06. The van der Waals surface area contributed by atoms with Crippen LogP contribution >= 0.6 is 11.3 Å². The summed E-state index contributed by atoms with van der Waals surface area (Å²) in [5.41, 5.74) is 1.62. The minimum Gasteiger partial charge on any atom is -0.462 e. The maximum absolute atomic E-state index is 12.8. The molecule has 0 saturated heterocycles. The van der Waals surface area contributed by atoms with E-state index in [9.17, 15) is 24.5 Å². The fraction of sp³-hybridized carbons (Fsp3) is 0.125. The first-order valence-corrected chi connectivity index (χ1v) is 11.0. The van der Waals surface area contributed by atoms with E-state index in [1.54, 1.807) is 38.1 Å². The minimum atomic E-state index is -0.648. The smallest absolute Gasteiger partial charge is 0.341 e. The van der Waals surface area contributed by atoms with Gasteiger partial charge in [-0.1, -0.05) is 18.2 Å². The third-order valence-corrected chi connectivity index (χ3v) is 5.84. The number of thiophene rings is 1. The normalized spacial score (nSPS) is 10.6. The second-order valence-corrected chi connectivity index (χ2v) is 7.99. The zero-order valence-corrected chi connectivity index (χ0v) is 19.2. The summed E-state index contributed by atoms with van der Waals surface area (Å²) >= 11 is 0.969. The zero-order valence-electron chi connectivity index (χ0n) is 18.4.